The van der Waals surface area contributed by atoms with Crippen LogP contribution in [-0.4, -0.2) is 52.6 Å². The highest BCUT2D eigenvalue weighted by molar-refractivity contribution is 5.86. The second-order valence-electron chi connectivity index (χ2n) is 10.5. The Morgan fingerprint density at radius 1 is 1.19 bits per heavy atom. The Balaban J connectivity index is 1.39. The van der Waals surface area contributed by atoms with E-state index in [2.05, 4.69) is 62.1 Å². The number of carbonyl (C=O) groups is 1. The fourth-order valence-electron chi connectivity index (χ4n) is 6.27. The Labute approximate surface area is 188 Å². The molecule has 2 saturated carbocycles. The number of amides is 1. The molecule has 0 spiro atoms. The first kappa shape index (κ1) is 22.5. The summed E-state index contributed by atoms with van der Waals surface area (Å²) in [4.78, 5) is 18.1. The van der Waals surface area contributed by atoms with Crippen LogP contribution in [0, 0.1) is 17.8 Å². The number of aliphatic hydroxyl groups is 1. The number of likely N-dealkylation sites (tertiary alicyclic amines) is 1. The summed E-state index contributed by atoms with van der Waals surface area (Å²) >= 11 is 0. The number of piperidine rings is 1. The van der Waals surface area contributed by atoms with Gasteiger partial charge in [0.05, 0.1) is 0 Å². The number of hydrogen-bond acceptors (Lipinski definition) is 3. The lowest BCUT2D eigenvalue weighted by Gasteiger charge is -2.37. The molecule has 4 atom stereocenters. The smallest absolute Gasteiger partial charge is 0.254 e. The van der Waals surface area contributed by atoms with E-state index < -0.39 is 5.60 Å². The summed E-state index contributed by atoms with van der Waals surface area (Å²) in [6, 6.07) is 11.4. The highest BCUT2D eigenvalue weighted by Gasteiger charge is 2.61. The van der Waals surface area contributed by atoms with Crippen molar-refractivity contribution in [2.24, 2.45) is 17.8 Å². The standard InChI is InChI=1S/C27H40N2O2/c1-19(2)11-10-16-27(31,22-14-8-9-15-22)26(30)28(4)25-23-17-29(18-24(23)25)20(3)21-12-6-5-7-13-21/h5-7,11-13,20,22-25,31H,8-10,14-18H2,1-4H3. The van der Waals surface area contributed by atoms with Crippen LogP contribution < -0.4 is 0 Å². The molecule has 4 heteroatoms. The van der Waals surface area contributed by atoms with Crippen molar-refractivity contribution >= 4 is 5.91 Å². The van der Waals surface area contributed by atoms with Gasteiger partial charge in [0, 0.05) is 32.2 Å². The van der Waals surface area contributed by atoms with Crippen molar-refractivity contribution in [1.29, 1.82) is 0 Å². The average Bonchev–Trinajstić information content (AvgIpc) is 3.15. The lowest BCUT2D eigenvalue weighted by atomic mass is 9.80. The zero-order valence-electron chi connectivity index (χ0n) is 19.8. The molecule has 4 unspecified atom stereocenters. The van der Waals surface area contributed by atoms with Crippen LogP contribution in [0.5, 0.6) is 0 Å². The first-order valence-electron chi connectivity index (χ1n) is 12.2. The van der Waals surface area contributed by atoms with Crippen molar-refractivity contribution in [3.63, 3.8) is 0 Å². The van der Waals surface area contributed by atoms with Gasteiger partial charge in [0.25, 0.3) is 5.91 Å². The Morgan fingerprint density at radius 2 is 1.81 bits per heavy atom. The highest BCUT2D eigenvalue weighted by atomic mass is 16.3. The molecule has 1 N–H and O–H groups in total. The first-order chi connectivity index (χ1) is 14.8. The Bertz CT molecular complexity index is 785. The first-order valence-corrected chi connectivity index (χ1v) is 12.2. The van der Waals surface area contributed by atoms with Crippen LogP contribution in [0.2, 0.25) is 0 Å². The van der Waals surface area contributed by atoms with Crippen LogP contribution in [0.1, 0.15) is 70.9 Å². The van der Waals surface area contributed by atoms with Crippen LogP contribution in [0.4, 0.5) is 0 Å². The normalized spacial score (nSPS) is 28.6. The predicted molar refractivity (Wildman–Crippen MR) is 126 cm³/mol. The Hall–Kier alpha value is -1.65. The molecule has 170 valence electrons. The molecule has 0 radical (unpaired) electrons. The maximum Gasteiger partial charge on any atom is 0.254 e. The zero-order valence-corrected chi connectivity index (χ0v) is 19.8. The zero-order chi connectivity index (χ0) is 22.2. The van der Waals surface area contributed by atoms with Gasteiger partial charge in [-0.1, -0.05) is 54.8 Å². The van der Waals surface area contributed by atoms with E-state index in [9.17, 15) is 9.90 Å². The molecule has 1 heterocycles. The number of hydrogen-bond donors (Lipinski definition) is 1. The maximum atomic E-state index is 13.6. The monoisotopic (exact) mass is 424 g/mol. The summed E-state index contributed by atoms with van der Waals surface area (Å²) in [6.45, 7) is 8.53. The quantitative estimate of drug-likeness (QED) is 0.610. The Morgan fingerprint density at radius 3 is 2.39 bits per heavy atom. The van der Waals surface area contributed by atoms with Crippen molar-refractivity contribution in [3.05, 3.63) is 47.5 Å². The third kappa shape index (κ3) is 4.47. The molecule has 3 aliphatic rings. The van der Waals surface area contributed by atoms with E-state index in [1.807, 2.05) is 11.9 Å². The summed E-state index contributed by atoms with van der Waals surface area (Å²) in [6.07, 6.45) is 7.69. The summed E-state index contributed by atoms with van der Waals surface area (Å²) in [5.41, 5.74) is 1.41. The summed E-state index contributed by atoms with van der Waals surface area (Å²) in [5.74, 6) is 1.18. The third-order valence-corrected chi connectivity index (χ3v) is 8.25. The number of allylic oxidation sites excluding steroid dienone is 2. The van der Waals surface area contributed by atoms with Crippen molar-refractivity contribution < 1.29 is 9.90 Å². The molecule has 1 aromatic carbocycles. The van der Waals surface area contributed by atoms with Gasteiger partial charge >= 0.3 is 0 Å². The van der Waals surface area contributed by atoms with E-state index in [4.69, 9.17) is 0 Å². The van der Waals surface area contributed by atoms with Crippen LogP contribution >= 0.6 is 0 Å². The minimum atomic E-state index is -1.20. The molecule has 1 saturated heterocycles. The number of likely N-dealkylation sites (N-methyl/N-ethyl adjacent to an activating group) is 1. The van der Waals surface area contributed by atoms with Crippen molar-refractivity contribution in [3.8, 4) is 0 Å². The van der Waals surface area contributed by atoms with Crippen molar-refractivity contribution in [2.45, 2.75) is 77.0 Å². The molecule has 31 heavy (non-hydrogen) atoms. The van der Waals surface area contributed by atoms with Gasteiger partial charge in [-0.3, -0.25) is 9.69 Å². The molecule has 1 amide bonds. The molecule has 1 aromatic rings. The number of fused-ring (bicyclic) bond motifs is 1. The average molecular weight is 425 g/mol. The molecule has 3 fully saturated rings. The molecule has 0 bridgehead atoms. The van der Waals surface area contributed by atoms with Crippen LogP contribution in [0.15, 0.2) is 42.0 Å². The Kier molecular flexibility index (Phi) is 6.60. The molecular formula is C27H40N2O2. The van der Waals surface area contributed by atoms with Gasteiger partial charge in [0.1, 0.15) is 5.60 Å². The molecular weight excluding hydrogens is 384 g/mol. The van der Waals surface area contributed by atoms with Gasteiger partial charge < -0.3 is 10.0 Å². The summed E-state index contributed by atoms with van der Waals surface area (Å²) in [5, 5.41) is 11.7. The van der Waals surface area contributed by atoms with Gasteiger partial charge in [-0.15, -0.1) is 0 Å². The largest absolute Gasteiger partial charge is 0.380 e. The molecule has 4 nitrogen and oxygen atoms in total. The lowest BCUT2D eigenvalue weighted by Crippen LogP contribution is -2.53. The van der Waals surface area contributed by atoms with E-state index in [1.54, 1.807) is 0 Å². The third-order valence-electron chi connectivity index (χ3n) is 8.25. The minimum Gasteiger partial charge on any atom is -0.380 e. The summed E-state index contributed by atoms with van der Waals surface area (Å²) in [7, 11) is 1.94. The fourth-order valence-corrected chi connectivity index (χ4v) is 6.27. The van der Waals surface area contributed by atoms with Gasteiger partial charge in [0.15, 0.2) is 0 Å². The second-order valence-corrected chi connectivity index (χ2v) is 10.5. The van der Waals surface area contributed by atoms with Gasteiger partial charge in [-0.2, -0.15) is 0 Å². The highest BCUT2D eigenvalue weighted by Crippen LogP contribution is 2.51. The van der Waals surface area contributed by atoms with Crippen LogP contribution in [0.3, 0.4) is 0 Å². The van der Waals surface area contributed by atoms with E-state index in [0.29, 0.717) is 30.3 Å². The van der Waals surface area contributed by atoms with E-state index in [-0.39, 0.29) is 11.8 Å². The molecule has 1 aliphatic heterocycles. The van der Waals surface area contributed by atoms with Crippen molar-refractivity contribution in [1.82, 2.24) is 9.80 Å². The van der Waals surface area contributed by atoms with Gasteiger partial charge in [-0.05, 0) is 69.8 Å². The van der Waals surface area contributed by atoms with E-state index in [1.165, 1.54) is 11.1 Å². The number of nitrogens with zero attached hydrogens (tertiary/aromatic N) is 2. The molecule has 0 aromatic heterocycles. The van der Waals surface area contributed by atoms with Gasteiger partial charge in [-0.25, -0.2) is 0 Å². The van der Waals surface area contributed by atoms with E-state index in [0.717, 1.165) is 45.2 Å². The van der Waals surface area contributed by atoms with Gasteiger partial charge in [0.2, 0.25) is 0 Å². The minimum absolute atomic E-state index is 0.0244. The van der Waals surface area contributed by atoms with Crippen molar-refractivity contribution in [2.75, 3.05) is 20.1 Å². The van der Waals surface area contributed by atoms with Crippen LogP contribution in [-0.2, 0) is 4.79 Å². The number of carbonyl (C=O) groups excluding carboxylic acids is 1. The second kappa shape index (κ2) is 9.07. The molecule has 2 aliphatic carbocycles. The molecule has 4 rings (SSSR count). The predicted octanol–water partition coefficient (Wildman–Crippen LogP) is 4.80. The maximum absolute atomic E-state index is 13.6. The summed E-state index contributed by atoms with van der Waals surface area (Å²) < 4.78 is 0. The lowest BCUT2D eigenvalue weighted by molar-refractivity contribution is -0.158. The van der Waals surface area contributed by atoms with E-state index >= 15 is 0 Å². The number of rotatable bonds is 8. The SMILES string of the molecule is CC(C)=CCCC(O)(C(=O)N(C)C1C2CN(C(C)c3ccccc3)CC21)C1CCCC1. The number of benzene rings is 1. The van der Waals surface area contributed by atoms with Crippen LogP contribution in [0.25, 0.3) is 0 Å². The fraction of sp³-hybridized carbons (Fsp3) is 0.667. The topological polar surface area (TPSA) is 43.8 Å².